The van der Waals surface area contributed by atoms with Gasteiger partial charge in [0.15, 0.2) is 0 Å². The van der Waals surface area contributed by atoms with Gasteiger partial charge in [-0.3, -0.25) is 4.98 Å². The number of hydrogen-bond acceptors (Lipinski definition) is 9. The highest BCUT2D eigenvalue weighted by molar-refractivity contribution is 5.74. The molecule has 230 valence electrons. The third-order valence-electron chi connectivity index (χ3n) is 8.84. The van der Waals surface area contributed by atoms with Gasteiger partial charge in [0, 0.05) is 38.4 Å². The third-order valence-corrected chi connectivity index (χ3v) is 8.84. The van der Waals surface area contributed by atoms with Crippen LogP contribution in [0.3, 0.4) is 0 Å². The van der Waals surface area contributed by atoms with Crippen molar-refractivity contribution in [2.75, 3.05) is 37.0 Å². The Hall–Kier alpha value is -4.18. The van der Waals surface area contributed by atoms with Crippen LogP contribution in [0.1, 0.15) is 44.6 Å². The molecule has 12 heteroatoms. The minimum absolute atomic E-state index is 0.124. The van der Waals surface area contributed by atoms with Crippen molar-refractivity contribution < 1.29 is 18.3 Å². The number of halogens is 2. The van der Waals surface area contributed by atoms with Gasteiger partial charge in [0.2, 0.25) is 5.95 Å². The highest BCUT2D eigenvalue weighted by Crippen LogP contribution is 2.43. The molecular weight excluding hydrogens is 566 g/mol. The molecule has 3 atom stereocenters. The predicted molar refractivity (Wildman–Crippen MR) is 162 cm³/mol. The Morgan fingerprint density at radius 1 is 1.14 bits per heavy atom. The Balaban J connectivity index is 1.27. The van der Waals surface area contributed by atoms with Gasteiger partial charge in [-0.05, 0) is 48.7 Å². The van der Waals surface area contributed by atoms with Crippen molar-refractivity contribution in [3.8, 4) is 17.3 Å². The zero-order valence-corrected chi connectivity index (χ0v) is 24.8. The maximum absolute atomic E-state index is 15.5. The van der Waals surface area contributed by atoms with Crippen molar-refractivity contribution in [2.45, 2.75) is 56.8 Å². The Bertz CT molecular complexity index is 1650. The summed E-state index contributed by atoms with van der Waals surface area (Å²) >= 11 is 0. The van der Waals surface area contributed by atoms with Crippen LogP contribution in [0.4, 0.5) is 26.1 Å². The summed E-state index contributed by atoms with van der Waals surface area (Å²) in [5, 5.41) is 16.8. The van der Waals surface area contributed by atoms with E-state index in [0.29, 0.717) is 48.8 Å². The molecular formula is C32H36F2N8O2. The number of nitriles is 1. The van der Waals surface area contributed by atoms with E-state index in [9.17, 15) is 0 Å². The molecule has 1 aromatic carbocycles. The standard InChI is InChI=1S/C32H36F2N8O2/c1-20-18-41(19-25(36)30(20)44-13-5-11-35)28-8-12-37-17-27(28)39-31-38-16-22-6-7-26(40-42(22)31)29-23(33)14-21(15-24(29)34)32(43-2)9-3-4-10-32/h6-8,12,14-17,20,25,30H,3-5,9-10,13,18-19,36H2,1-2H3,(H,38,39). The number of hydrogen-bond donors (Lipinski definition) is 2. The second-order valence-electron chi connectivity index (χ2n) is 11.7. The monoisotopic (exact) mass is 602 g/mol. The molecule has 1 aliphatic carbocycles. The van der Waals surface area contributed by atoms with E-state index in [4.69, 9.17) is 20.5 Å². The zero-order valence-electron chi connectivity index (χ0n) is 24.8. The quantitative estimate of drug-likeness (QED) is 0.245. The fourth-order valence-corrected chi connectivity index (χ4v) is 6.65. The van der Waals surface area contributed by atoms with Crippen LogP contribution < -0.4 is 16.0 Å². The Morgan fingerprint density at radius 2 is 1.91 bits per heavy atom. The molecule has 0 radical (unpaired) electrons. The van der Waals surface area contributed by atoms with Crippen molar-refractivity contribution in [3.05, 3.63) is 66.1 Å². The van der Waals surface area contributed by atoms with Gasteiger partial charge in [0.05, 0.1) is 71.3 Å². The number of pyridine rings is 1. The second kappa shape index (κ2) is 12.4. The fourth-order valence-electron chi connectivity index (χ4n) is 6.65. The summed E-state index contributed by atoms with van der Waals surface area (Å²) in [5.74, 6) is -0.891. The smallest absolute Gasteiger partial charge is 0.229 e. The topological polar surface area (TPSA) is 127 Å². The summed E-state index contributed by atoms with van der Waals surface area (Å²) < 4.78 is 44.3. The summed E-state index contributed by atoms with van der Waals surface area (Å²) in [6, 6.07) is 9.81. The maximum Gasteiger partial charge on any atom is 0.229 e. The molecule has 1 saturated heterocycles. The molecule has 0 bridgehead atoms. The number of imidazole rings is 1. The number of piperidine rings is 1. The predicted octanol–water partition coefficient (Wildman–Crippen LogP) is 5.31. The highest BCUT2D eigenvalue weighted by atomic mass is 19.1. The van der Waals surface area contributed by atoms with Crippen molar-refractivity contribution in [3.63, 3.8) is 0 Å². The SMILES string of the molecule is COC1(c2cc(F)c(-c3ccc4cnc(Nc5cnccc5N5CC(C)C(OCCC#N)C(N)C5)n4n3)c(F)c2)CCCC1. The largest absolute Gasteiger partial charge is 0.375 e. The second-order valence-corrected chi connectivity index (χ2v) is 11.7. The van der Waals surface area contributed by atoms with Crippen LogP contribution in [0, 0.1) is 28.9 Å². The van der Waals surface area contributed by atoms with Gasteiger partial charge in [-0.15, -0.1) is 0 Å². The van der Waals surface area contributed by atoms with E-state index in [1.807, 2.05) is 6.07 Å². The van der Waals surface area contributed by atoms with E-state index in [1.54, 1.807) is 37.8 Å². The molecule has 1 aliphatic heterocycles. The molecule has 1 saturated carbocycles. The van der Waals surface area contributed by atoms with E-state index in [2.05, 4.69) is 38.3 Å². The van der Waals surface area contributed by atoms with Crippen LogP contribution in [-0.4, -0.2) is 58.5 Å². The lowest BCUT2D eigenvalue weighted by Gasteiger charge is -2.42. The number of nitrogens with one attached hydrogen (secondary N) is 1. The number of fused-ring (bicyclic) bond motifs is 1. The summed E-state index contributed by atoms with van der Waals surface area (Å²) in [5.41, 5.74) is 8.50. The lowest BCUT2D eigenvalue weighted by Crippen LogP contribution is -2.56. The first-order valence-corrected chi connectivity index (χ1v) is 14.9. The molecule has 0 spiro atoms. The van der Waals surface area contributed by atoms with Gasteiger partial charge in [0.1, 0.15) is 11.6 Å². The molecule has 6 rings (SSSR count). The van der Waals surface area contributed by atoms with Crippen LogP contribution in [0.25, 0.3) is 16.8 Å². The molecule has 4 heterocycles. The van der Waals surface area contributed by atoms with E-state index >= 15 is 8.78 Å². The van der Waals surface area contributed by atoms with Crippen molar-refractivity contribution in [2.24, 2.45) is 11.7 Å². The molecule has 0 amide bonds. The Labute approximate surface area is 254 Å². The van der Waals surface area contributed by atoms with Gasteiger partial charge >= 0.3 is 0 Å². The molecule has 3 unspecified atom stereocenters. The van der Waals surface area contributed by atoms with Crippen LogP contribution in [0.2, 0.25) is 0 Å². The number of rotatable bonds is 9. The number of methoxy groups -OCH3 is 1. The Morgan fingerprint density at radius 3 is 2.61 bits per heavy atom. The minimum Gasteiger partial charge on any atom is -0.375 e. The van der Waals surface area contributed by atoms with Crippen LogP contribution in [-0.2, 0) is 15.1 Å². The van der Waals surface area contributed by atoms with Gasteiger partial charge in [-0.2, -0.15) is 14.9 Å². The summed E-state index contributed by atoms with van der Waals surface area (Å²) in [7, 11) is 1.59. The van der Waals surface area contributed by atoms with Crippen molar-refractivity contribution >= 4 is 22.8 Å². The lowest BCUT2D eigenvalue weighted by molar-refractivity contribution is -0.00915. The molecule has 3 aromatic heterocycles. The number of nitrogens with zero attached hydrogens (tertiary/aromatic N) is 6. The van der Waals surface area contributed by atoms with Gasteiger partial charge in [0.25, 0.3) is 0 Å². The van der Waals surface area contributed by atoms with Crippen molar-refractivity contribution in [1.29, 1.82) is 5.26 Å². The average molecular weight is 603 g/mol. The normalized spacial score (nSPS) is 21.5. The van der Waals surface area contributed by atoms with E-state index < -0.39 is 17.2 Å². The lowest BCUT2D eigenvalue weighted by atomic mass is 9.90. The zero-order chi connectivity index (χ0) is 30.8. The molecule has 2 fully saturated rings. The Kier molecular flexibility index (Phi) is 8.44. The van der Waals surface area contributed by atoms with Gasteiger partial charge in [-0.1, -0.05) is 19.8 Å². The first-order valence-electron chi connectivity index (χ1n) is 14.9. The first-order chi connectivity index (χ1) is 21.3. The molecule has 44 heavy (non-hydrogen) atoms. The number of anilines is 3. The van der Waals surface area contributed by atoms with Gasteiger partial charge in [-0.25, -0.2) is 13.8 Å². The highest BCUT2D eigenvalue weighted by Gasteiger charge is 2.37. The molecule has 4 aromatic rings. The van der Waals surface area contributed by atoms with Crippen LogP contribution >= 0.6 is 0 Å². The van der Waals surface area contributed by atoms with E-state index in [1.165, 1.54) is 16.6 Å². The first kappa shape index (κ1) is 29.9. The molecule has 10 nitrogen and oxygen atoms in total. The molecule has 3 N–H and O–H groups in total. The average Bonchev–Trinajstić information content (AvgIpc) is 3.66. The van der Waals surface area contributed by atoms with Crippen LogP contribution in [0.15, 0.2) is 48.9 Å². The number of ether oxygens (including phenoxy) is 2. The minimum atomic E-state index is -0.690. The number of aromatic nitrogens is 4. The fraction of sp³-hybridized carbons (Fsp3) is 0.438. The van der Waals surface area contributed by atoms with Gasteiger partial charge < -0.3 is 25.4 Å². The third kappa shape index (κ3) is 5.58. The van der Waals surface area contributed by atoms with E-state index in [0.717, 1.165) is 31.4 Å². The summed E-state index contributed by atoms with van der Waals surface area (Å²) in [6.07, 6.45) is 8.57. The van der Waals surface area contributed by atoms with E-state index in [-0.39, 0.29) is 29.3 Å². The molecule has 2 aliphatic rings. The van der Waals surface area contributed by atoms with Crippen molar-refractivity contribution in [1.82, 2.24) is 19.6 Å². The number of nitrogens with two attached hydrogens (primary N) is 1. The maximum atomic E-state index is 15.5. The number of benzene rings is 1. The summed E-state index contributed by atoms with van der Waals surface area (Å²) in [4.78, 5) is 11.0. The summed E-state index contributed by atoms with van der Waals surface area (Å²) in [6.45, 7) is 3.67. The van der Waals surface area contributed by atoms with Crippen LogP contribution in [0.5, 0.6) is 0 Å².